The minimum absolute atomic E-state index is 0.180. The zero-order valence-electron chi connectivity index (χ0n) is 15.6. The summed E-state index contributed by atoms with van der Waals surface area (Å²) in [6.45, 7) is 6.20. The Morgan fingerprint density at radius 2 is 1.23 bits per heavy atom. The zero-order chi connectivity index (χ0) is 19.5. The minimum atomic E-state index is -1.38. The van der Waals surface area contributed by atoms with Gasteiger partial charge in [-0.25, -0.2) is 5.90 Å². The Kier molecular flexibility index (Phi) is 5.76. The number of rotatable bonds is 7. The van der Waals surface area contributed by atoms with Gasteiger partial charge in [0.1, 0.15) is 11.2 Å². The lowest BCUT2D eigenvalue weighted by molar-refractivity contribution is -0.00547. The first-order valence-electron chi connectivity index (χ1n) is 8.42. The van der Waals surface area contributed by atoms with Crippen LogP contribution in [-0.4, -0.2) is 27.9 Å². The largest absolute Gasteiger partial charge is 0.382 e. The number of hydrogen-bond donors (Lipinski definition) is 2. The monoisotopic (exact) mass is 355 g/mol. The van der Waals surface area contributed by atoms with Gasteiger partial charge in [-0.05, 0) is 45.2 Å². The first kappa shape index (κ1) is 20.0. The van der Waals surface area contributed by atoms with E-state index in [1.54, 1.807) is 38.1 Å². The molecule has 0 saturated heterocycles. The minimum Gasteiger partial charge on any atom is -0.382 e. The van der Waals surface area contributed by atoms with Gasteiger partial charge >= 0.3 is 0 Å². The van der Waals surface area contributed by atoms with Crippen LogP contribution in [0.4, 0.5) is 0 Å². The molecule has 0 aromatic heterocycles. The molecule has 0 bridgehead atoms. The van der Waals surface area contributed by atoms with Crippen molar-refractivity contribution in [1.82, 2.24) is 0 Å². The number of carbonyl (C=O) groups is 2. The van der Waals surface area contributed by atoms with Crippen LogP contribution in [0.15, 0.2) is 48.5 Å². The lowest BCUT2D eigenvalue weighted by atomic mass is 9.94. The van der Waals surface area contributed by atoms with Crippen LogP contribution in [0.5, 0.6) is 0 Å². The summed E-state index contributed by atoms with van der Waals surface area (Å²) in [5, 5.41) is 9.80. The summed E-state index contributed by atoms with van der Waals surface area (Å²) >= 11 is 0. The van der Waals surface area contributed by atoms with Crippen LogP contribution in [0.2, 0.25) is 0 Å². The van der Waals surface area contributed by atoms with Gasteiger partial charge in [0.05, 0.1) is 0 Å². The van der Waals surface area contributed by atoms with Crippen molar-refractivity contribution in [3.05, 3.63) is 70.8 Å². The standard InChI is InChI=1S/C21H25NO4/c1-20(2,25)18(23)16-9-5-14(6-10-16)13-15-7-11-17(12-8-15)19(24)21(3,4)26-22/h5-12,25H,13,22H2,1-4H3. The number of benzene rings is 2. The molecule has 0 spiro atoms. The molecule has 0 aliphatic carbocycles. The first-order valence-corrected chi connectivity index (χ1v) is 8.42. The van der Waals surface area contributed by atoms with Crippen molar-refractivity contribution in [2.24, 2.45) is 5.90 Å². The molecule has 0 amide bonds. The van der Waals surface area contributed by atoms with Crippen molar-refractivity contribution in [3.63, 3.8) is 0 Å². The van der Waals surface area contributed by atoms with Gasteiger partial charge in [-0.15, -0.1) is 0 Å². The summed E-state index contributed by atoms with van der Waals surface area (Å²) in [6.07, 6.45) is 0.669. The Balaban J connectivity index is 2.10. The normalized spacial score (nSPS) is 12.1. The predicted molar refractivity (Wildman–Crippen MR) is 100 cm³/mol. The lowest BCUT2D eigenvalue weighted by Gasteiger charge is -2.20. The number of carbonyl (C=O) groups excluding carboxylic acids is 2. The molecule has 5 nitrogen and oxygen atoms in total. The summed E-state index contributed by atoms with van der Waals surface area (Å²) in [6, 6.07) is 14.4. The van der Waals surface area contributed by atoms with E-state index in [4.69, 9.17) is 10.7 Å². The molecular weight excluding hydrogens is 330 g/mol. The van der Waals surface area contributed by atoms with Gasteiger partial charge in [0.2, 0.25) is 0 Å². The Hall–Kier alpha value is -2.34. The molecule has 0 heterocycles. The number of nitrogens with two attached hydrogens (primary N) is 1. The zero-order valence-corrected chi connectivity index (χ0v) is 15.6. The van der Waals surface area contributed by atoms with Crippen molar-refractivity contribution in [1.29, 1.82) is 0 Å². The average Bonchev–Trinajstić information content (AvgIpc) is 2.61. The molecule has 138 valence electrons. The number of Topliss-reactive ketones (excluding diaryl/α,β-unsaturated/α-hetero) is 2. The SMILES string of the molecule is CC(C)(O)C(=O)c1ccc(Cc2ccc(C(=O)C(C)(C)ON)cc2)cc1. The Bertz CT molecular complexity index is 784. The summed E-state index contributed by atoms with van der Waals surface area (Å²) < 4.78 is 0. The molecule has 0 atom stereocenters. The highest BCUT2D eigenvalue weighted by molar-refractivity contribution is 6.02. The van der Waals surface area contributed by atoms with Crippen LogP contribution in [0.1, 0.15) is 59.5 Å². The van der Waals surface area contributed by atoms with Crippen LogP contribution >= 0.6 is 0 Å². The maximum absolute atomic E-state index is 12.3. The van der Waals surface area contributed by atoms with Gasteiger partial charge in [-0.2, -0.15) is 0 Å². The fourth-order valence-corrected chi connectivity index (χ4v) is 2.54. The predicted octanol–water partition coefficient (Wildman–Crippen LogP) is 3.08. The van der Waals surface area contributed by atoms with Crippen LogP contribution in [-0.2, 0) is 11.3 Å². The summed E-state index contributed by atoms with van der Waals surface area (Å²) in [5.41, 5.74) is 0.632. The van der Waals surface area contributed by atoms with E-state index < -0.39 is 11.2 Å². The van der Waals surface area contributed by atoms with E-state index in [1.807, 2.05) is 24.3 Å². The third-order valence-electron chi connectivity index (χ3n) is 4.24. The molecular formula is C21H25NO4. The van der Waals surface area contributed by atoms with Crippen LogP contribution < -0.4 is 5.90 Å². The maximum atomic E-state index is 12.3. The van der Waals surface area contributed by atoms with E-state index in [-0.39, 0.29) is 11.6 Å². The van der Waals surface area contributed by atoms with Gasteiger partial charge in [-0.3, -0.25) is 14.4 Å². The molecule has 0 saturated carbocycles. The molecule has 0 unspecified atom stereocenters. The molecule has 2 rings (SSSR count). The molecule has 2 aromatic carbocycles. The van der Waals surface area contributed by atoms with Crippen LogP contribution in [0.3, 0.4) is 0 Å². The Morgan fingerprint density at radius 1 is 0.846 bits per heavy atom. The van der Waals surface area contributed by atoms with E-state index >= 15 is 0 Å². The molecule has 5 heteroatoms. The van der Waals surface area contributed by atoms with Crippen LogP contribution in [0.25, 0.3) is 0 Å². The average molecular weight is 355 g/mol. The molecule has 0 aliphatic heterocycles. The lowest BCUT2D eigenvalue weighted by Crippen LogP contribution is -2.37. The third-order valence-corrected chi connectivity index (χ3v) is 4.24. The third kappa shape index (κ3) is 4.64. The highest BCUT2D eigenvalue weighted by Crippen LogP contribution is 2.18. The Labute approximate surface area is 153 Å². The number of hydrogen-bond acceptors (Lipinski definition) is 5. The quantitative estimate of drug-likeness (QED) is 0.588. The van der Waals surface area contributed by atoms with E-state index in [0.29, 0.717) is 17.5 Å². The van der Waals surface area contributed by atoms with Crippen molar-refractivity contribution >= 4 is 11.6 Å². The summed E-state index contributed by atoms with van der Waals surface area (Å²) in [5.74, 6) is 4.69. The second kappa shape index (κ2) is 7.50. The number of ketones is 2. The number of aliphatic hydroxyl groups is 1. The summed E-state index contributed by atoms with van der Waals surface area (Å²) in [4.78, 5) is 29.1. The molecule has 3 N–H and O–H groups in total. The molecule has 0 radical (unpaired) electrons. The fourth-order valence-electron chi connectivity index (χ4n) is 2.54. The molecule has 26 heavy (non-hydrogen) atoms. The first-order chi connectivity index (χ1) is 12.0. The second-order valence-electron chi connectivity index (χ2n) is 7.42. The van der Waals surface area contributed by atoms with Crippen molar-refractivity contribution < 1.29 is 19.5 Å². The van der Waals surface area contributed by atoms with Gasteiger partial charge < -0.3 is 5.11 Å². The van der Waals surface area contributed by atoms with E-state index in [2.05, 4.69) is 0 Å². The fraction of sp³-hybridized carbons (Fsp3) is 0.333. The second-order valence-corrected chi connectivity index (χ2v) is 7.42. The molecule has 0 aliphatic rings. The smallest absolute Gasteiger partial charge is 0.196 e. The van der Waals surface area contributed by atoms with Crippen molar-refractivity contribution in [2.75, 3.05) is 0 Å². The van der Waals surface area contributed by atoms with E-state index in [9.17, 15) is 14.7 Å². The highest BCUT2D eigenvalue weighted by Gasteiger charge is 2.29. The highest BCUT2D eigenvalue weighted by atomic mass is 16.6. The Morgan fingerprint density at radius 3 is 1.58 bits per heavy atom. The van der Waals surface area contributed by atoms with Gasteiger partial charge in [0.15, 0.2) is 11.6 Å². The summed E-state index contributed by atoms with van der Waals surface area (Å²) in [7, 11) is 0. The van der Waals surface area contributed by atoms with Gasteiger partial charge in [0, 0.05) is 11.1 Å². The maximum Gasteiger partial charge on any atom is 0.196 e. The van der Waals surface area contributed by atoms with E-state index in [1.165, 1.54) is 13.8 Å². The topological polar surface area (TPSA) is 89.6 Å². The van der Waals surface area contributed by atoms with Crippen LogP contribution in [0, 0.1) is 0 Å². The van der Waals surface area contributed by atoms with Gasteiger partial charge in [0.25, 0.3) is 0 Å². The van der Waals surface area contributed by atoms with Crippen molar-refractivity contribution in [2.45, 2.75) is 45.3 Å². The molecule has 0 fully saturated rings. The van der Waals surface area contributed by atoms with E-state index in [0.717, 1.165) is 11.1 Å². The molecule has 2 aromatic rings. The van der Waals surface area contributed by atoms with Gasteiger partial charge in [-0.1, -0.05) is 48.5 Å². The van der Waals surface area contributed by atoms with Crippen molar-refractivity contribution in [3.8, 4) is 0 Å².